The van der Waals surface area contributed by atoms with E-state index in [1.165, 1.54) is 19.2 Å². The van der Waals surface area contributed by atoms with E-state index < -0.39 is 5.97 Å². The molecule has 0 aromatic heterocycles. The highest BCUT2D eigenvalue weighted by Crippen LogP contribution is 2.37. The molecule has 1 N–H and O–H groups in total. The second-order valence-electron chi connectivity index (χ2n) is 5.08. The van der Waals surface area contributed by atoms with E-state index in [9.17, 15) is 10.1 Å². The Hall–Kier alpha value is -3.22. The predicted molar refractivity (Wildman–Crippen MR) is 102 cm³/mol. The summed E-state index contributed by atoms with van der Waals surface area (Å²) in [6.45, 7) is 0.101. The van der Waals surface area contributed by atoms with Gasteiger partial charge in [-0.1, -0.05) is 18.1 Å². The van der Waals surface area contributed by atoms with Crippen LogP contribution in [0.2, 0.25) is 0 Å². The summed E-state index contributed by atoms with van der Waals surface area (Å²) in [7, 11) is 1.51. The fourth-order valence-corrected chi connectivity index (χ4v) is 2.79. The molecule has 2 rings (SSSR count). The third-order valence-electron chi connectivity index (χ3n) is 3.43. The minimum Gasteiger partial charge on any atom is -0.493 e. The van der Waals surface area contributed by atoms with E-state index in [4.69, 9.17) is 21.0 Å². The number of ether oxygens (including phenoxy) is 2. The maximum Gasteiger partial charge on any atom is 0.335 e. The molecular weight excluding hydrogens is 398 g/mol. The Balaban J connectivity index is 2.42. The number of carboxylic acid groups (broad SMARTS) is 1. The van der Waals surface area contributed by atoms with Crippen LogP contribution in [0.5, 0.6) is 11.5 Å². The van der Waals surface area contributed by atoms with Crippen LogP contribution in [-0.2, 0) is 0 Å². The highest BCUT2D eigenvalue weighted by atomic mass is 79.9. The van der Waals surface area contributed by atoms with Crippen LogP contribution >= 0.6 is 15.9 Å². The molecule has 130 valence electrons. The molecule has 0 saturated carbocycles. The highest BCUT2D eigenvalue weighted by Gasteiger charge is 2.12. The van der Waals surface area contributed by atoms with Crippen molar-refractivity contribution in [2.24, 2.45) is 0 Å². The van der Waals surface area contributed by atoms with Crippen LogP contribution in [0.15, 0.2) is 40.9 Å². The molecular formula is C20H14BrNO4. The molecule has 2 aromatic carbocycles. The van der Waals surface area contributed by atoms with Crippen molar-refractivity contribution in [2.75, 3.05) is 13.7 Å². The van der Waals surface area contributed by atoms with Gasteiger partial charge in [0.1, 0.15) is 6.61 Å². The molecule has 0 aliphatic heterocycles. The van der Waals surface area contributed by atoms with Gasteiger partial charge in [-0.15, -0.1) is 6.42 Å². The molecule has 0 amide bonds. The van der Waals surface area contributed by atoms with Gasteiger partial charge in [0.05, 0.1) is 28.8 Å². The number of allylic oxidation sites excluding steroid dienone is 1. The van der Waals surface area contributed by atoms with E-state index in [0.717, 1.165) is 0 Å². The van der Waals surface area contributed by atoms with Gasteiger partial charge in [-0.05, 0) is 57.4 Å². The second kappa shape index (κ2) is 8.75. The summed E-state index contributed by atoms with van der Waals surface area (Å²) in [5, 5.41) is 18.4. The Bertz CT molecular complexity index is 934. The molecule has 0 fully saturated rings. The summed E-state index contributed by atoms with van der Waals surface area (Å²) >= 11 is 3.41. The number of methoxy groups -OCH3 is 1. The van der Waals surface area contributed by atoms with E-state index >= 15 is 0 Å². The molecule has 0 unspecified atom stereocenters. The molecule has 0 spiro atoms. The molecule has 0 atom stereocenters. The van der Waals surface area contributed by atoms with Gasteiger partial charge >= 0.3 is 5.97 Å². The van der Waals surface area contributed by atoms with Gasteiger partial charge in [-0.25, -0.2) is 4.79 Å². The van der Waals surface area contributed by atoms with Crippen molar-refractivity contribution >= 4 is 33.5 Å². The number of hydrogen-bond donors (Lipinski definition) is 1. The van der Waals surface area contributed by atoms with Gasteiger partial charge in [0, 0.05) is 0 Å². The normalized spacial score (nSPS) is 10.5. The van der Waals surface area contributed by atoms with E-state index in [0.29, 0.717) is 32.7 Å². The number of aromatic carboxylic acids is 1. The number of hydrogen-bond acceptors (Lipinski definition) is 4. The van der Waals surface area contributed by atoms with Crippen molar-refractivity contribution < 1.29 is 19.4 Å². The van der Waals surface area contributed by atoms with Gasteiger partial charge in [-0.2, -0.15) is 5.26 Å². The fraction of sp³-hybridized carbons (Fsp3) is 0.100. The standard InChI is InChI=1S/C20H14BrNO4/c1-3-8-26-19-17(21)10-13(11-18(19)25-2)9-16(12-22)14-4-6-15(7-5-14)20(23)24/h1,4-7,9-11H,8H2,2H3,(H,23,24). The smallest absolute Gasteiger partial charge is 0.335 e. The lowest BCUT2D eigenvalue weighted by atomic mass is 10.0. The van der Waals surface area contributed by atoms with Crippen molar-refractivity contribution in [3.63, 3.8) is 0 Å². The SMILES string of the molecule is C#CCOc1c(Br)cc(C=C(C#N)c2ccc(C(=O)O)cc2)cc1OC. The third kappa shape index (κ3) is 4.44. The summed E-state index contributed by atoms with van der Waals surface area (Å²) in [6, 6.07) is 11.7. The maximum absolute atomic E-state index is 10.9. The van der Waals surface area contributed by atoms with Crippen LogP contribution in [0.1, 0.15) is 21.5 Å². The van der Waals surface area contributed by atoms with Crippen molar-refractivity contribution in [2.45, 2.75) is 0 Å². The van der Waals surface area contributed by atoms with Crippen LogP contribution in [0.4, 0.5) is 0 Å². The molecule has 0 radical (unpaired) electrons. The lowest BCUT2D eigenvalue weighted by Crippen LogP contribution is -1.98. The average Bonchev–Trinajstić information content (AvgIpc) is 2.64. The molecule has 2 aromatic rings. The molecule has 6 heteroatoms. The van der Waals surface area contributed by atoms with Gasteiger partial charge in [0.25, 0.3) is 0 Å². The predicted octanol–water partition coefficient (Wildman–Crippen LogP) is 4.23. The summed E-state index contributed by atoms with van der Waals surface area (Å²) in [6.07, 6.45) is 6.89. The zero-order valence-corrected chi connectivity index (χ0v) is 15.4. The van der Waals surface area contributed by atoms with E-state index in [-0.39, 0.29) is 12.2 Å². The Morgan fingerprint density at radius 3 is 2.50 bits per heavy atom. The van der Waals surface area contributed by atoms with Crippen LogP contribution in [0, 0.1) is 23.7 Å². The van der Waals surface area contributed by atoms with Gasteiger partial charge in [0.15, 0.2) is 11.5 Å². The second-order valence-corrected chi connectivity index (χ2v) is 5.93. The first-order valence-electron chi connectivity index (χ1n) is 7.39. The van der Waals surface area contributed by atoms with Gasteiger partial charge in [-0.3, -0.25) is 0 Å². The maximum atomic E-state index is 10.9. The van der Waals surface area contributed by atoms with Gasteiger partial charge in [0.2, 0.25) is 0 Å². The molecule has 0 aliphatic rings. The fourth-order valence-electron chi connectivity index (χ4n) is 2.22. The Morgan fingerprint density at radius 1 is 1.31 bits per heavy atom. The Morgan fingerprint density at radius 2 is 1.96 bits per heavy atom. The molecule has 5 nitrogen and oxygen atoms in total. The monoisotopic (exact) mass is 411 g/mol. The van der Waals surface area contributed by atoms with Crippen LogP contribution < -0.4 is 9.47 Å². The van der Waals surface area contributed by atoms with E-state index in [2.05, 4.69) is 27.9 Å². The minimum atomic E-state index is -1.02. The number of terminal acetylenes is 1. The number of halogens is 1. The summed E-state index contributed by atoms with van der Waals surface area (Å²) < 4.78 is 11.4. The number of rotatable bonds is 6. The first-order valence-corrected chi connectivity index (χ1v) is 8.18. The van der Waals surface area contributed by atoms with Crippen molar-refractivity contribution in [3.8, 4) is 29.9 Å². The number of carbonyl (C=O) groups is 1. The number of benzene rings is 2. The van der Waals surface area contributed by atoms with Crippen LogP contribution in [0.3, 0.4) is 0 Å². The number of nitriles is 1. The van der Waals surface area contributed by atoms with Crippen LogP contribution in [0.25, 0.3) is 11.6 Å². The van der Waals surface area contributed by atoms with Crippen molar-refractivity contribution in [3.05, 3.63) is 57.6 Å². The highest BCUT2D eigenvalue weighted by molar-refractivity contribution is 9.10. The lowest BCUT2D eigenvalue weighted by Gasteiger charge is -2.12. The van der Waals surface area contributed by atoms with Crippen molar-refractivity contribution in [1.29, 1.82) is 5.26 Å². The summed E-state index contributed by atoms with van der Waals surface area (Å²) in [4.78, 5) is 10.9. The first-order chi connectivity index (χ1) is 12.5. The largest absolute Gasteiger partial charge is 0.493 e. The molecule has 26 heavy (non-hydrogen) atoms. The topological polar surface area (TPSA) is 79.5 Å². The number of nitrogens with zero attached hydrogens (tertiary/aromatic N) is 1. The number of carboxylic acids is 1. The van der Waals surface area contributed by atoms with Crippen molar-refractivity contribution in [1.82, 2.24) is 0 Å². The first kappa shape index (κ1) is 19.1. The summed E-state index contributed by atoms with van der Waals surface area (Å²) in [5.74, 6) is 2.32. The molecule has 0 heterocycles. The molecule has 0 saturated heterocycles. The Kier molecular flexibility index (Phi) is 6.43. The average molecular weight is 412 g/mol. The van der Waals surface area contributed by atoms with E-state index in [1.54, 1.807) is 30.3 Å². The minimum absolute atomic E-state index is 0.101. The quantitative estimate of drug-likeness (QED) is 0.436. The lowest BCUT2D eigenvalue weighted by molar-refractivity contribution is 0.0697. The summed E-state index contributed by atoms with van der Waals surface area (Å²) in [5.41, 5.74) is 1.86. The zero-order valence-electron chi connectivity index (χ0n) is 13.8. The van der Waals surface area contributed by atoms with Crippen LogP contribution in [-0.4, -0.2) is 24.8 Å². The zero-order chi connectivity index (χ0) is 19.1. The Labute approximate surface area is 159 Å². The molecule has 0 aliphatic carbocycles. The van der Waals surface area contributed by atoms with Gasteiger partial charge < -0.3 is 14.6 Å². The van der Waals surface area contributed by atoms with E-state index in [1.807, 2.05) is 0 Å². The molecule has 0 bridgehead atoms. The third-order valence-corrected chi connectivity index (χ3v) is 4.01.